The van der Waals surface area contributed by atoms with Gasteiger partial charge in [0.05, 0.1) is 18.4 Å². The molecule has 0 fully saturated rings. The van der Waals surface area contributed by atoms with E-state index in [4.69, 9.17) is 5.73 Å². The van der Waals surface area contributed by atoms with Crippen molar-refractivity contribution in [3.63, 3.8) is 0 Å². The fourth-order valence-corrected chi connectivity index (χ4v) is 2.10. The molecular formula is C17H21N5O2. The van der Waals surface area contributed by atoms with Gasteiger partial charge in [0.1, 0.15) is 5.69 Å². The van der Waals surface area contributed by atoms with E-state index in [0.717, 1.165) is 18.5 Å². The zero-order valence-electron chi connectivity index (χ0n) is 13.6. The van der Waals surface area contributed by atoms with Crippen LogP contribution in [0.3, 0.4) is 0 Å². The lowest BCUT2D eigenvalue weighted by Gasteiger charge is -2.18. The first-order valence-electron chi connectivity index (χ1n) is 7.83. The van der Waals surface area contributed by atoms with Crippen LogP contribution in [-0.2, 0) is 9.59 Å². The van der Waals surface area contributed by atoms with Gasteiger partial charge in [-0.15, -0.1) is 5.10 Å². The van der Waals surface area contributed by atoms with Gasteiger partial charge in [0.15, 0.2) is 0 Å². The predicted molar refractivity (Wildman–Crippen MR) is 91.1 cm³/mol. The molecule has 7 nitrogen and oxygen atoms in total. The van der Waals surface area contributed by atoms with Crippen molar-refractivity contribution < 1.29 is 9.59 Å². The van der Waals surface area contributed by atoms with Crippen LogP contribution in [-0.4, -0.2) is 44.8 Å². The summed E-state index contributed by atoms with van der Waals surface area (Å²) < 4.78 is 0. The summed E-state index contributed by atoms with van der Waals surface area (Å²) in [6, 6.07) is 9.48. The lowest BCUT2D eigenvalue weighted by atomic mass is 10.3. The third-order valence-electron chi connectivity index (χ3n) is 3.33. The van der Waals surface area contributed by atoms with E-state index >= 15 is 0 Å². The Kier molecular flexibility index (Phi) is 6.24. The number of benzene rings is 1. The number of carbonyl (C=O) groups excluding carboxylic acids is 2. The normalized spacial score (nSPS) is 10.9. The van der Waals surface area contributed by atoms with Crippen LogP contribution in [0.2, 0.25) is 0 Å². The number of carbonyl (C=O) groups is 2. The summed E-state index contributed by atoms with van der Waals surface area (Å²) in [7, 11) is 0. The standard InChI is InChI=1S/C17H21N5O2/c1-2-3-11-21(13-16(18)23)17(24)10-9-14-12-19-22(20-14)15-7-5-4-6-8-15/h4-10,12H,2-3,11,13H2,1H3,(H2,18,23)/b10-9-. The number of para-hydroxylation sites is 1. The number of hydrogen-bond donors (Lipinski definition) is 1. The maximum atomic E-state index is 12.2. The van der Waals surface area contributed by atoms with Crippen LogP contribution in [0.15, 0.2) is 42.6 Å². The highest BCUT2D eigenvalue weighted by atomic mass is 16.2. The average Bonchev–Trinajstić information content (AvgIpc) is 3.06. The molecule has 2 amide bonds. The minimum atomic E-state index is -0.525. The summed E-state index contributed by atoms with van der Waals surface area (Å²) in [6.45, 7) is 2.43. The number of amides is 2. The molecule has 0 bridgehead atoms. The molecule has 0 unspecified atom stereocenters. The Morgan fingerprint density at radius 2 is 2.04 bits per heavy atom. The van der Waals surface area contributed by atoms with Crippen molar-refractivity contribution in [2.24, 2.45) is 5.73 Å². The molecule has 1 aromatic heterocycles. The Labute approximate surface area is 140 Å². The zero-order chi connectivity index (χ0) is 17.4. The van der Waals surface area contributed by atoms with Crippen LogP contribution >= 0.6 is 0 Å². The maximum absolute atomic E-state index is 12.2. The van der Waals surface area contributed by atoms with Gasteiger partial charge in [0.25, 0.3) is 0 Å². The molecule has 0 aliphatic rings. The fraction of sp³-hybridized carbons (Fsp3) is 0.294. The Morgan fingerprint density at radius 1 is 1.29 bits per heavy atom. The summed E-state index contributed by atoms with van der Waals surface area (Å²) in [5.74, 6) is -0.792. The Morgan fingerprint density at radius 3 is 2.71 bits per heavy atom. The number of nitrogens with two attached hydrogens (primary N) is 1. The van der Waals surface area contributed by atoms with Crippen LogP contribution < -0.4 is 5.73 Å². The molecule has 7 heteroatoms. The summed E-state index contributed by atoms with van der Waals surface area (Å²) in [4.78, 5) is 26.2. The molecule has 2 N–H and O–H groups in total. The van der Waals surface area contributed by atoms with Gasteiger partial charge in [-0.1, -0.05) is 31.5 Å². The second-order valence-corrected chi connectivity index (χ2v) is 5.31. The molecule has 0 saturated carbocycles. The number of nitrogens with zero attached hydrogens (tertiary/aromatic N) is 4. The minimum absolute atomic E-state index is 0.0835. The van der Waals surface area contributed by atoms with Gasteiger partial charge < -0.3 is 10.6 Å². The van der Waals surface area contributed by atoms with Gasteiger partial charge in [0, 0.05) is 12.6 Å². The van der Waals surface area contributed by atoms with Crippen molar-refractivity contribution in [2.75, 3.05) is 13.1 Å². The summed E-state index contributed by atoms with van der Waals surface area (Å²) >= 11 is 0. The second kappa shape index (κ2) is 8.61. The van der Waals surface area contributed by atoms with Gasteiger partial charge in [0.2, 0.25) is 11.8 Å². The molecule has 0 atom stereocenters. The summed E-state index contributed by atoms with van der Waals surface area (Å²) in [6.07, 6.45) is 6.28. The first kappa shape index (κ1) is 17.4. The maximum Gasteiger partial charge on any atom is 0.247 e. The highest BCUT2D eigenvalue weighted by molar-refractivity contribution is 5.93. The predicted octanol–water partition coefficient (Wildman–Crippen LogP) is 1.39. The smallest absolute Gasteiger partial charge is 0.247 e. The molecule has 0 aliphatic carbocycles. The van der Waals surface area contributed by atoms with Crippen LogP contribution in [0.5, 0.6) is 0 Å². The van der Waals surface area contributed by atoms with Gasteiger partial charge in [-0.2, -0.15) is 9.90 Å². The zero-order valence-corrected chi connectivity index (χ0v) is 13.6. The highest BCUT2D eigenvalue weighted by Gasteiger charge is 2.12. The fourth-order valence-electron chi connectivity index (χ4n) is 2.10. The van der Waals surface area contributed by atoms with E-state index in [1.54, 1.807) is 12.3 Å². The van der Waals surface area contributed by atoms with Gasteiger partial charge >= 0.3 is 0 Å². The Hall–Kier alpha value is -2.96. The molecule has 1 heterocycles. The topological polar surface area (TPSA) is 94.1 Å². The molecule has 0 radical (unpaired) electrons. The van der Waals surface area contributed by atoms with Crippen LogP contribution in [0, 0.1) is 0 Å². The molecule has 0 spiro atoms. The van der Waals surface area contributed by atoms with Crippen LogP contribution in [0.25, 0.3) is 11.8 Å². The Balaban J connectivity index is 2.04. The van der Waals surface area contributed by atoms with E-state index in [1.807, 2.05) is 37.3 Å². The lowest BCUT2D eigenvalue weighted by Crippen LogP contribution is -2.38. The largest absolute Gasteiger partial charge is 0.368 e. The quantitative estimate of drug-likeness (QED) is 0.741. The van der Waals surface area contributed by atoms with E-state index in [0.29, 0.717) is 12.2 Å². The molecule has 0 aliphatic heterocycles. The molecular weight excluding hydrogens is 306 g/mol. The van der Waals surface area contributed by atoms with E-state index in [9.17, 15) is 9.59 Å². The number of primary amides is 1. The number of rotatable bonds is 8. The van der Waals surface area contributed by atoms with Gasteiger partial charge in [-0.3, -0.25) is 9.59 Å². The van der Waals surface area contributed by atoms with Crippen LogP contribution in [0.1, 0.15) is 25.5 Å². The first-order valence-corrected chi connectivity index (χ1v) is 7.83. The second-order valence-electron chi connectivity index (χ2n) is 5.31. The molecule has 1 aromatic carbocycles. The van der Waals surface area contributed by atoms with Crippen molar-refractivity contribution in [1.29, 1.82) is 0 Å². The SMILES string of the molecule is CCCCN(CC(N)=O)C(=O)/C=C\c1cnn(-c2ccccc2)n1. The van der Waals surface area contributed by atoms with Crippen molar-refractivity contribution in [1.82, 2.24) is 19.9 Å². The highest BCUT2D eigenvalue weighted by Crippen LogP contribution is 2.06. The van der Waals surface area contributed by atoms with Crippen LogP contribution in [0.4, 0.5) is 0 Å². The van der Waals surface area contributed by atoms with Crippen molar-refractivity contribution in [3.05, 3.63) is 48.3 Å². The third-order valence-corrected chi connectivity index (χ3v) is 3.33. The third kappa shape index (κ3) is 5.05. The van der Waals surface area contributed by atoms with E-state index in [1.165, 1.54) is 15.8 Å². The number of unbranched alkanes of at least 4 members (excludes halogenated alkanes) is 1. The lowest BCUT2D eigenvalue weighted by molar-refractivity contribution is -0.131. The van der Waals surface area contributed by atoms with Crippen molar-refractivity contribution in [2.45, 2.75) is 19.8 Å². The molecule has 2 rings (SSSR count). The van der Waals surface area contributed by atoms with Crippen molar-refractivity contribution in [3.8, 4) is 5.69 Å². The van der Waals surface area contributed by atoms with E-state index in [-0.39, 0.29) is 12.5 Å². The number of hydrogen-bond acceptors (Lipinski definition) is 4. The first-order chi connectivity index (χ1) is 11.6. The molecule has 24 heavy (non-hydrogen) atoms. The summed E-state index contributed by atoms with van der Waals surface area (Å²) in [5.41, 5.74) is 6.59. The molecule has 2 aromatic rings. The monoisotopic (exact) mass is 327 g/mol. The number of aromatic nitrogens is 3. The van der Waals surface area contributed by atoms with Gasteiger partial charge in [-0.05, 0) is 24.6 Å². The molecule has 126 valence electrons. The Bertz CT molecular complexity index is 709. The van der Waals surface area contributed by atoms with Gasteiger partial charge in [-0.25, -0.2) is 0 Å². The van der Waals surface area contributed by atoms with E-state index in [2.05, 4.69) is 10.2 Å². The average molecular weight is 327 g/mol. The van der Waals surface area contributed by atoms with E-state index < -0.39 is 5.91 Å². The van der Waals surface area contributed by atoms with Crippen molar-refractivity contribution >= 4 is 17.9 Å². The minimum Gasteiger partial charge on any atom is -0.368 e. The molecule has 0 saturated heterocycles. The summed E-state index contributed by atoms with van der Waals surface area (Å²) in [5, 5.41) is 8.45.